The lowest BCUT2D eigenvalue weighted by Crippen LogP contribution is -2.69. The lowest BCUT2D eigenvalue weighted by atomic mass is 9.98. The molecule has 1 N–H and O–H groups in total. The van der Waals surface area contributed by atoms with Gasteiger partial charge in [-0.25, -0.2) is 4.79 Å². The summed E-state index contributed by atoms with van der Waals surface area (Å²) in [5, 5.41) is 8.49. The van der Waals surface area contributed by atoms with Gasteiger partial charge in [-0.1, -0.05) is 31.9 Å². The van der Waals surface area contributed by atoms with Crippen molar-refractivity contribution in [1.82, 2.24) is 4.90 Å². The van der Waals surface area contributed by atoms with Crippen molar-refractivity contribution < 1.29 is 18.9 Å². The molecule has 0 saturated carbocycles. The van der Waals surface area contributed by atoms with Gasteiger partial charge >= 0.3 is 5.97 Å². The number of β-lactam (4-membered cyclic amide) rings is 1. The maximum absolute atomic E-state index is 12.2. The number of rotatable bonds is 1. The normalized spacial score (nSPS) is 39.1. The van der Waals surface area contributed by atoms with E-state index in [0.29, 0.717) is 0 Å². The zero-order chi connectivity index (χ0) is 12.5. The van der Waals surface area contributed by atoms with Crippen molar-refractivity contribution in [3.63, 3.8) is 0 Å². The Bertz CT molecular complexity index is 422. The molecule has 2 heterocycles. The van der Waals surface area contributed by atoms with Crippen LogP contribution in [-0.4, -0.2) is 45.5 Å². The molecular formula is C8H9Br2NO4S. The molecule has 16 heavy (non-hydrogen) atoms. The largest absolute Gasteiger partial charge is 0.480 e. The molecule has 2 aliphatic heterocycles. The third-order valence-electron chi connectivity index (χ3n) is 2.97. The number of carbonyl (C=O) groups excluding carboxylic acids is 1. The summed E-state index contributed by atoms with van der Waals surface area (Å²) in [6.45, 7) is 3.20. The molecule has 1 amide bonds. The molecule has 0 unspecified atom stereocenters. The van der Waals surface area contributed by atoms with Crippen LogP contribution in [0.5, 0.6) is 0 Å². The van der Waals surface area contributed by atoms with Gasteiger partial charge in [0.25, 0.3) is 5.91 Å². The predicted molar refractivity (Wildman–Crippen MR) is 64.9 cm³/mol. The van der Waals surface area contributed by atoms with Gasteiger partial charge in [0, 0.05) is 0 Å². The summed E-state index contributed by atoms with van der Waals surface area (Å²) >= 11 is 6.29. The summed E-state index contributed by atoms with van der Waals surface area (Å²) in [5.41, 5.74) is 0. The molecule has 0 aliphatic carbocycles. The second kappa shape index (κ2) is 3.29. The van der Waals surface area contributed by atoms with E-state index in [1.165, 1.54) is 4.90 Å². The Kier molecular flexibility index (Phi) is 2.57. The Hall–Kier alpha value is 0.0500. The van der Waals surface area contributed by atoms with Crippen molar-refractivity contribution >= 4 is 54.5 Å². The van der Waals surface area contributed by atoms with Crippen molar-refractivity contribution in [1.29, 1.82) is 0 Å². The van der Waals surface area contributed by atoms with Crippen LogP contribution in [0.3, 0.4) is 0 Å². The Morgan fingerprint density at radius 1 is 1.50 bits per heavy atom. The topological polar surface area (TPSA) is 74.7 Å². The first kappa shape index (κ1) is 12.5. The fourth-order valence-electron chi connectivity index (χ4n) is 2.13. The zero-order valence-corrected chi connectivity index (χ0v) is 12.4. The smallest absolute Gasteiger partial charge is 0.328 e. The van der Waals surface area contributed by atoms with Gasteiger partial charge in [0.2, 0.25) is 0 Å². The van der Waals surface area contributed by atoms with E-state index in [1.807, 2.05) is 0 Å². The first-order valence-electron chi connectivity index (χ1n) is 4.47. The molecule has 0 spiro atoms. The van der Waals surface area contributed by atoms with Gasteiger partial charge in [0.1, 0.15) is 11.4 Å². The van der Waals surface area contributed by atoms with E-state index in [-0.39, 0.29) is 5.91 Å². The molecule has 5 nitrogen and oxygen atoms in total. The Labute approximate surface area is 111 Å². The summed E-state index contributed by atoms with van der Waals surface area (Å²) in [7, 11) is -1.43. The number of aliphatic carboxylic acids is 1. The third-order valence-corrected chi connectivity index (χ3v) is 7.37. The van der Waals surface area contributed by atoms with Crippen LogP contribution in [0, 0.1) is 0 Å². The van der Waals surface area contributed by atoms with Crippen LogP contribution < -0.4 is 0 Å². The first-order valence-corrected chi connectivity index (χ1v) is 7.27. The minimum atomic E-state index is -1.43. The molecule has 0 aromatic rings. The van der Waals surface area contributed by atoms with Gasteiger partial charge < -0.3 is 10.0 Å². The summed E-state index contributed by atoms with van der Waals surface area (Å²) < 4.78 is 10.1. The number of carboxylic acids is 1. The quantitative estimate of drug-likeness (QED) is 0.539. The molecular weight excluding hydrogens is 366 g/mol. The SMILES string of the molecule is CC1(C)[C@H](C(=O)O)N2C(=O)C(Br)(Br)[C@@H]2[S@]1=O. The monoisotopic (exact) mass is 373 g/mol. The maximum atomic E-state index is 12.2. The van der Waals surface area contributed by atoms with Crippen molar-refractivity contribution in [3.05, 3.63) is 0 Å². The highest BCUT2D eigenvalue weighted by molar-refractivity contribution is 9.26. The van der Waals surface area contributed by atoms with Crippen molar-refractivity contribution in [3.8, 4) is 0 Å². The van der Waals surface area contributed by atoms with Crippen LogP contribution in [0.15, 0.2) is 0 Å². The number of fused-ring (bicyclic) bond motifs is 1. The van der Waals surface area contributed by atoms with E-state index in [0.717, 1.165) is 0 Å². The average molecular weight is 375 g/mol. The van der Waals surface area contributed by atoms with Gasteiger partial charge in [-0.2, -0.15) is 0 Å². The molecule has 0 aromatic heterocycles. The maximum Gasteiger partial charge on any atom is 0.328 e. The van der Waals surface area contributed by atoms with Crippen LogP contribution in [-0.2, 0) is 20.4 Å². The fourth-order valence-corrected chi connectivity index (χ4v) is 5.80. The van der Waals surface area contributed by atoms with E-state index in [9.17, 15) is 13.8 Å². The Morgan fingerprint density at radius 2 is 2.00 bits per heavy atom. The lowest BCUT2D eigenvalue weighted by Gasteiger charge is -2.45. The van der Waals surface area contributed by atoms with Crippen molar-refractivity contribution in [2.75, 3.05) is 0 Å². The van der Waals surface area contributed by atoms with E-state index >= 15 is 0 Å². The number of hydrogen-bond donors (Lipinski definition) is 1. The molecule has 2 rings (SSSR count). The van der Waals surface area contributed by atoms with Crippen LogP contribution in [0.2, 0.25) is 0 Å². The molecule has 90 valence electrons. The summed E-state index contributed by atoms with van der Waals surface area (Å²) in [5.74, 6) is -1.51. The number of hydrogen-bond acceptors (Lipinski definition) is 3. The van der Waals surface area contributed by atoms with Crippen molar-refractivity contribution in [2.45, 2.75) is 33.2 Å². The first-order chi connectivity index (χ1) is 7.13. The molecule has 8 heteroatoms. The molecule has 2 aliphatic rings. The van der Waals surface area contributed by atoms with Crippen LogP contribution in [0.1, 0.15) is 13.8 Å². The predicted octanol–water partition coefficient (Wildman–Crippen LogP) is 0.635. The van der Waals surface area contributed by atoms with Gasteiger partial charge in [0.05, 0.1) is 15.5 Å². The van der Waals surface area contributed by atoms with E-state index in [4.69, 9.17) is 5.11 Å². The number of amides is 1. The standard InChI is InChI=1S/C8H9Br2NO4S/c1-7(2)3(4(12)13)11-5(14)8(9,10)6(11)16(7)15/h3,6H,1-2H3,(H,12,13)/t3-,6-,16+/m0/s1. The fraction of sp³-hybridized carbons (Fsp3) is 0.750. The average Bonchev–Trinajstić information content (AvgIpc) is 2.33. The Balaban J connectivity index is 2.50. The van der Waals surface area contributed by atoms with Gasteiger partial charge in [-0.3, -0.25) is 9.00 Å². The molecule has 0 aromatic carbocycles. The minimum Gasteiger partial charge on any atom is -0.480 e. The highest BCUT2D eigenvalue weighted by Gasteiger charge is 2.73. The zero-order valence-electron chi connectivity index (χ0n) is 8.44. The second-order valence-corrected chi connectivity index (χ2v) is 9.99. The number of carbonyl (C=O) groups is 2. The minimum absolute atomic E-state index is 0.385. The summed E-state index contributed by atoms with van der Waals surface area (Å²) in [6, 6.07) is -1.03. The van der Waals surface area contributed by atoms with E-state index in [1.54, 1.807) is 13.8 Å². The molecule has 0 bridgehead atoms. The molecule has 2 fully saturated rings. The van der Waals surface area contributed by atoms with E-state index in [2.05, 4.69) is 31.9 Å². The highest BCUT2D eigenvalue weighted by atomic mass is 79.9. The van der Waals surface area contributed by atoms with Crippen LogP contribution >= 0.6 is 31.9 Å². The molecule has 3 atom stereocenters. The third kappa shape index (κ3) is 1.23. The van der Waals surface area contributed by atoms with Crippen molar-refractivity contribution in [2.24, 2.45) is 0 Å². The van der Waals surface area contributed by atoms with Crippen LogP contribution in [0.4, 0.5) is 0 Å². The van der Waals surface area contributed by atoms with E-state index < -0.39 is 36.2 Å². The van der Waals surface area contributed by atoms with Gasteiger partial charge in [-0.15, -0.1) is 0 Å². The highest BCUT2D eigenvalue weighted by Crippen LogP contribution is 2.54. The lowest BCUT2D eigenvalue weighted by molar-refractivity contribution is -0.157. The number of nitrogens with zero attached hydrogens (tertiary/aromatic N) is 1. The summed E-state index contributed by atoms with van der Waals surface area (Å²) in [4.78, 5) is 24.1. The van der Waals surface area contributed by atoms with Crippen LogP contribution in [0.25, 0.3) is 0 Å². The molecule has 2 saturated heterocycles. The number of alkyl halides is 2. The van der Waals surface area contributed by atoms with Gasteiger partial charge in [0.15, 0.2) is 3.23 Å². The second-order valence-electron chi connectivity index (χ2n) is 4.33. The molecule has 0 radical (unpaired) electrons. The summed E-state index contributed by atoms with van der Waals surface area (Å²) in [6.07, 6.45) is 0. The van der Waals surface area contributed by atoms with Gasteiger partial charge in [-0.05, 0) is 13.8 Å². The number of carboxylic acid groups (broad SMARTS) is 1. The Morgan fingerprint density at radius 3 is 2.44 bits per heavy atom. The number of halogens is 2.